The fraction of sp³-hybridized carbons (Fsp3) is 0.659. The molecular weight excluding hydrogens is 736 g/mol. The molecule has 5 atom stereocenters. The Morgan fingerprint density at radius 1 is 0.860 bits per heavy atom. The zero-order chi connectivity index (χ0) is 41.8. The van der Waals surface area contributed by atoms with E-state index in [1.54, 1.807) is 32.6 Å². The average molecular weight is 797 g/mol. The molecule has 1 saturated carbocycles. The van der Waals surface area contributed by atoms with E-state index < -0.39 is 71.7 Å². The maximum Gasteiger partial charge on any atom is 0.410 e. The van der Waals surface area contributed by atoms with E-state index in [9.17, 15) is 38.4 Å². The molecule has 1 saturated heterocycles. The number of amides is 6. The van der Waals surface area contributed by atoms with Crippen LogP contribution >= 0.6 is 0 Å². The van der Waals surface area contributed by atoms with Crippen LogP contribution < -0.4 is 21.3 Å². The Kier molecular flexibility index (Phi) is 16.4. The highest BCUT2D eigenvalue weighted by atomic mass is 16.6. The van der Waals surface area contributed by atoms with E-state index in [-0.39, 0.29) is 56.1 Å². The second kappa shape index (κ2) is 20.9. The number of likely N-dealkylation sites (tertiary alicyclic amines) is 1. The standard InChI is InChI=1S/C41H60N6O10/c1-7-12-30(36(50)39(53)42-28-17-18-28)43-37(51)31-21-29(57-41(55)46-20-19-26-13-8-9-14-27(26)22-46)23-47(31)40(54)35(25(4)5)45-38(52)34(24(2)3)44-32(48)15-10-11-16-33(49)56-6/h8-9,13-14,24-25,28-31,34-35H,7,10-12,15-23H2,1-6H3,(H,42,53)(H,43,51)(H,44,48)(H,45,52)/t29-,30?,31?,34+,35+/m1/s1. The molecule has 6 amide bonds. The third-order valence-corrected chi connectivity index (χ3v) is 10.6. The maximum atomic E-state index is 14.5. The molecule has 2 aliphatic heterocycles. The molecule has 1 aromatic carbocycles. The molecule has 0 spiro atoms. The Morgan fingerprint density at radius 3 is 2.16 bits per heavy atom. The molecule has 16 heteroatoms. The van der Waals surface area contributed by atoms with Gasteiger partial charge in [-0.25, -0.2) is 4.79 Å². The SMILES string of the molecule is CCCC(NC(=O)C1C[C@@H](OC(=O)N2CCc3ccccc3C2)CN1C(=O)[C@@H](NC(=O)[C@@H](NC(=O)CCCCC(=O)OC)C(C)C)C(C)C)C(=O)C(=O)NC1CC1. The summed E-state index contributed by atoms with van der Waals surface area (Å²) in [6.07, 6.45) is 2.44. The first kappa shape index (κ1) is 44.7. The van der Waals surface area contributed by atoms with Crippen molar-refractivity contribution in [2.75, 3.05) is 20.2 Å². The van der Waals surface area contributed by atoms with Gasteiger partial charge in [0.05, 0.1) is 19.7 Å². The third-order valence-electron chi connectivity index (χ3n) is 10.6. The van der Waals surface area contributed by atoms with Gasteiger partial charge in [-0.15, -0.1) is 0 Å². The van der Waals surface area contributed by atoms with Crippen molar-refractivity contribution < 1.29 is 47.8 Å². The quantitative estimate of drug-likeness (QED) is 0.0913. The fourth-order valence-electron chi connectivity index (χ4n) is 7.08. The molecule has 4 N–H and O–H groups in total. The molecule has 1 aliphatic carbocycles. The van der Waals surface area contributed by atoms with Gasteiger partial charge in [-0.2, -0.15) is 0 Å². The van der Waals surface area contributed by atoms with Crippen molar-refractivity contribution in [2.45, 2.75) is 142 Å². The number of hydrogen-bond acceptors (Lipinski definition) is 10. The van der Waals surface area contributed by atoms with Crippen LogP contribution in [0.5, 0.6) is 0 Å². The number of fused-ring (bicyclic) bond motifs is 1. The number of carbonyl (C=O) groups is 8. The number of nitrogens with zero attached hydrogens (tertiary/aromatic N) is 2. The van der Waals surface area contributed by atoms with E-state index in [0.29, 0.717) is 38.8 Å². The lowest BCUT2D eigenvalue weighted by atomic mass is 9.98. The van der Waals surface area contributed by atoms with E-state index in [2.05, 4.69) is 26.0 Å². The summed E-state index contributed by atoms with van der Waals surface area (Å²) in [6, 6.07) is 3.30. The van der Waals surface area contributed by atoms with E-state index in [1.165, 1.54) is 12.0 Å². The largest absolute Gasteiger partial charge is 0.469 e. The van der Waals surface area contributed by atoms with E-state index >= 15 is 0 Å². The van der Waals surface area contributed by atoms with Gasteiger partial charge in [0.25, 0.3) is 5.91 Å². The number of unbranched alkanes of at least 4 members (excludes halogenated alkanes) is 1. The number of carbonyl (C=O) groups excluding carboxylic acids is 8. The van der Waals surface area contributed by atoms with Crippen molar-refractivity contribution in [1.29, 1.82) is 0 Å². The zero-order valence-corrected chi connectivity index (χ0v) is 34.1. The minimum atomic E-state index is -1.19. The first-order valence-corrected chi connectivity index (χ1v) is 20.3. The lowest BCUT2D eigenvalue weighted by Gasteiger charge is -2.32. The Bertz CT molecular complexity index is 1640. The lowest BCUT2D eigenvalue weighted by Crippen LogP contribution is -2.59. The number of Topliss-reactive ketones (excluding diaryl/α,β-unsaturated/α-hetero) is 1. The number of hydrogen-bond donors (Lipinski definition) is 4. The van der Waals surface area contributed by atoms with Crippen molar-refractivity contribution in [3.05, 3.63) is 35.4 Å². The van der Waals surface area contributed by atoms with Crippen LogP contribution in [0.2, 0.25) is 0 Å². The minimum Gasteiger partial charge on any atom is -0.469 e. The molecule has 16 nitrogen and oxygen atoms in total. The van der Waals surface area contributed by atoms with Crippen LogP contribution in [0, 0.1) is 11.8 Å². The first-order valence-electron chi connectivity index (χ1n) is 20.3. The van der Waals surface area contributed by atoms with Crippen LogP contribution in [0.3, 0.4) is 0 Å². The smallest absolute Gasteiger partial charge is 0.410 e. The van der Waals surface area contributed by atoms with E-state index in [1.807, 2.05) is 31.2 Å². The number of ether oxygens (including phenoxy) is 2. The predicted octanol–water partition coefficient (Wildman–Crippen LogP) is 2.30. The third kappa shape index (κ3) is 12.7. The number of esters is 1. The fourth-order valence-corrected chi connectivity index (χ4v) is 7.08. The predicted molar refractivity (Wildman–Crippen MR) is 208 cm³/mol. The molecule has 4 rings (SSSR count). The van der Waals surface area contributed by atoms with Crippen LogP contribution in [-0.4, -0.2) is 114 Å². The summed E-state index contributed by atoms with van der Waals surface area (Å²) in [7, 11) is 1.29. The number of rotatable bonds is 19. The van der Waals surface area contributed by atoms with E-state index in [0.717, 1.165) is 24.0 Å². The lowest BCUT2D eigenvalue weighted by molar-refractivity contribution is -0.144. The monoisotopic (exact) mass is 796 g/mol. The van der Waals surface area contributed by atoms with Crippen LogP contribution in [0.15, 0.2) is 24.3 Å². The normalized spacial score (nSPS) is 19.2. The van der Waals surface area contributed by atoms with Crippen LogP contribution in [0.1, 0.15) is 104 Å². The molecule has 2 unspecified atom stereocenters. The number of ketones is 1. The molecule has 57 heavy (non-hydrogen) atoms. The number of nitrogens with one attached hydrogen (secondary N) is 4. The second-order valence-electron chi connectivity index (χ2n) is 16.0. The summed E-state index contributed by atoms with van der Waals surface area (Å²) in [4.78, 5) is 109. The second-order valence-corrected chi connectivity index (χ2v) is 16.0. The molecule has 2 heterocycles. The van der Waals surface area contributed by atoms with Gasteiger partial charge in [0.1, 0.15) is 24.2 Å². The van der Waals surface area contributed by atoms with E-state index in [4.69, 9.17) is 4.74 Å². The Morgan fingerprint density at radius 2 is 1.53 bits per heavy atom. The molecule has 1 aromatic rings. The summed E-state index contributed by atoms with van der Waals surface area (Å²) >= 11 is 0. The van der Waals surface area contributed by atoms with Crippen molar-refractivity contribution in [1.82, 2.24) is 31.1 Å². The van der Waals surface area contributed by atoms with Gasteiger partial charge < -0.3 is 40.5 Å². The zero-order valence-electron chi connectivity index (χ0n) is 34.1. The first-order chi connectivity index (χ1) is 27.1. The average Bonchev–Trinajstić information content (AvgIpc) is 3.90. The minimum absolute atomic E-state index is 0.0592. The van der Waals surface area contributed by atoms with Gasteiger partial charge in [0.2, 0.25) is 29.4 Å². The van der Waals surface area contributed by atoms with Crippen molar-refractivity contribution >= 4 is 47.4 Å². The van der Waals surface area contributed by atoms with Crippen LogP contribution in [0.4, 0.5) is 4.79 Å². The van der Waals surface area contributed by atoms with Gasteiger partial charge in [0.15, 0.2) is 0 Å². The molecule has 0 radical (unpaired) electrons. The summed E-state index contributed by atoms with van der Waals surface area (Å²) < 4.78 is 10.6. The highest BCUT2D eigenvalue weighted by Crippen LogP contribution is 2.26. The summed E-state index contributed by atoms with van der Waals surface area (Å²) in [6.45, 7) is 9.43. The van der Waals surface area contributed by atoms with Gasteiger partial charge in [0, 0.05) is 38.4 Å². The molecule has 3 aliphatic rings. The summed E-state index contributed by atoms with van der Waals surface area (Å²) in [5, 5.41) is 10.9. The van der Waals surface area contributed by atoms with Gasteiger partial charge in [-0.3, -0.25) is 33.6 Å². The molecule has 2 fully saturated rings. The number of benzene rings is 1. The molecule has 314 valence electrons. The van der Waals surface area contributed by atoms with Crippen LogP contribution in [0.25, 0.3) is 0 Å². The molecule has 0 bridgehead atoms. The topological polar surface area (TPSA) is 210 Å². The Balaban J connectivity index is 1.50. The highest BCUT2D eigenvalue weighted by molar-refractivity contribution is 6.38. The van der Waals surface area contributed by atoms with Crippen molar-refractivity contribution in [3.63, 3.8) is 0 Å². The summed E-state index contributed by atoms with van der Waals surface area (Å²) in [5.74, 6) is -5.03. The van der Waals surface area contributed by atoms with Gasteiger partial charge in [-0.1, -0.05) is 65.3 Å². The maximum absolute atomic E-state index is 14.5. The Labute approximate surface area is 334 Å². The molecule has 0 aromatic heterocycles. The number of methoxy groups -OCH3 is 1. The summed E-state index contributed by atoms with van der Waals surface area (Å²) in [5.41, 5.74) is 2.15. The van der Waals surface area contributed by atoms with Crippen molar-refractivity contribution in [2.24, 2.45) is 11.8 Å². The Hall–Kier alpha value is -5.02. The van der Waals surface area contributed by atoms with Crippen molar-refractivity contribution in [3.8, 4) is 0 Å². The molecular formula is C41H60N6O10. The highest BCUT2D eigenvalue weighted by Gasteiger charge is 2.46. The van der Waals surface area contributed by atoms with Gasteiger partial charge >= 0.3 is 12.1 Å². The van der Waals surface area contributed by atoms with Crippen LogP contribution in [-0.2, 0) is 56.0 Å². The van der Waals surface area contributed by atoms with Gasteiger partial charge in [-0.05, 0) is 61.5 Å².